The number of rotatable bonds is 2. The number of nitrogens with one attached hydrogen (secondary N) is 1. The first-order valence-corrected chi connectivity index (χ1v) is 6.52. The van der Waals surface area contributed by atoms with Crippen LogP contribution in [-0.4, -0.2) is 19.2 Å². The van der Waals surface area contributed by atoms with Crippen LogP contribution in [0.15, 0.2) is 0 Å². The predicted octanol–water partition coefficient (Wildman–Crippen LogP) is 2.05. The quantitative estimate of drug-likeness (QED) is 0.744. The monoisotopic (exact) mass is 239 g/mol. The van der Waals surface area contributed by atoms with Crippen molar-refractivity contribution < 1.29 is 4.65 Å². The second-order valence-electron chi connectivity index (χ2n) is 5.17. The summed E-state index contributed by atoms with van der Waals surface area (Å²) in [5.41, 5.74) is 0. The maximum Gasteiger partial charge on any atom is 0.376 e. The molecule has 2 saturated carbocycles. The Hall–Kier alpha value is -0.0151. The Morgan fingerprint density at radius 3 is 2.17 bits per heavy atom. The van der Waals surface area contributed by atoms with E-state index in [9.17, 15) is 0 Å². The lowest BCUT2D eigenvalue weighted by atomic mass is 9.79. The first-order valence-electron chi connectivity index (χ1n) is 6.52. The molecular weight excluding hydrogens is 221 g/mol. The van der Waals surface area contributed by atoms with E-state index in [4.69, 9.17) is 4.65 Å². The summed E-state index contributed by atoms with van der Waals surface area (Å²) >= 11 is 0. The molecule has 0 bridgehead atoms. The van der Waals surface area contributed by atoms with Crippen molar-refractivity contribution in [2.24, 2.45) is 0 Å². The highest BCUT2D eigenvalue weighted by atomic mass is 16.5. The first-order chi connectivity index (χ1) is 8.66. The van der Waals surface area contributed by atoms with Crippen molar-refractivity contribution in [1.82, 2.24) is 5.23 Å². The van der Waals surface area contributed by atoms with Crippen LogP contribution >= 0.6 is 0 Å². The van der Waals surface area contributed by atoms with Crippen LogP contribution in [0.5, 0.6) is 0 Å². The van der Waals surface area contributed by atoms with Gasteiger partial charge in [-0.15, -0.1) is 0 Å². The summed E-state index contributed by atoms with van der Waals surface area (Å²) in [6.07, 6.45) is 13.0. The van der Waals surface area contributed by atoms with Gasteiger partial charge in [-0.2, -0.15) is 0 Å². The molecular formula is C15H18BNO. The molecule has 1 N–H and O–H groups in total. The Bertz CT molecular complexity index is 270. The molecule has 3 fully saturated rings. The van der Waals surface area contributed by atoms with E-state index in [-0.39, 0.29) is 19.2 Å². The standard InChI is InChI=1S/C15H18BNO/c1-10-6-4-8-12(10)14-15(18-16(3)17-14)13-9-5-7-11(13)2/h4-9,14-15,17H,1-3H3/t14-,15+/m1/s1. The third-order valence-corrected chi connectivity index (χ3v) is 3.86. The molecule has 3 aliphatic rings. The summed E-state index contributed by atoms with van der Waals surface area (Å²) in [6.45, 7) is 6.38. The normalized spacial score (nSPS) is 37.2. The SMILES string of the molecule is CB1N[C@H]([C]2[CH][CH][CH][C]2C)[C@H]([C]2[CH][CH][CH][C]2C)O1. The zero-order valence-corrected chi connectivity index (χ0v) is 11.1. The third kappa shape index (κ3) is 2.25. The van der Waals surface area contributed by atoms with Crippen molar-refractivity contribution in [2.45, 2.75) is 32.8 Å². The van der Waals surface area contributed by atoms with Gasteiger partial charge < -0.3 is 9.88 Å². The van der Waals surface area contributed by atoms with Gasteiger partial charge in [-0.1, -0.05) is 13.8 Å². The highest BCUT2D eigenvalue weighted by Gasteiger charge is 2.48. The Labute approximate surface area is 112 Å². The molecule has 0 aromatic carbocycles. The Morgan fingerprint density at radius 2 is 1.61 bits per heavy atom. The van der Waals surface area contributed by atoms with Crippen LogP contribution in [0.2, 0.25) is 6.82 Å². The Balaban J connectivity index is 1.74. The average molecular weight is 239 g/mol. The van der Waals surface area contributed by atoms with Crippen LogP contribution < -0.4 is 5.23 Å². The lowest BCUT2D eigenvalue weighted by Crippen LogP contribution is -2.42. The third-order valence-electron chi connectivity index (χ3n) is 3.86. The summed E-state index contributed by atoms with van der Waals surface area (Å²) in [4.78, 5) is 0. The average Bonchev–Trinajstić information content (AvgIpc) is 2.99. The highest BCUT2D eigenvalue weighted by Crippen LogP contribution is 2.45. The van der Waals surface area contributed by atoms with Gasteiger partial charge in [0, 0.05) is 17.9 Å². The van der Waals surface area contributed by atoms with Crippen molar-refractivity contribution in [3.05, 3.63) is 62.2 Å². The molecule has 1 heterocycles. The van der Waals surface area contributed by atoms with Crippen molar-refractivity contribution >= 4 is 7.05 Å². The van der Waals surface area contributed by atoms with Crippen molar-refractivity contribution in [1.29, 1.82) is 0 Å². The molecule has 1 aliphatic heterocycles. The van der Waals surface area contributed by atoms with E-state index in [1.165, 1.54) is 23.7 Å². The molecule has 10 radical (unpaired) electrons. The molecule has 0 aromatic rings. The molecule has 2 atom stereocenters. The summed E-state index contributed by atoms with van der Waals surface area (Å²) < 4.78 is 6.07. The second-order valence-corrected chi connectivity index (χ2v) is 5.17. The fourth-order valence-corrected chi connectivity index (χ4v) is 2.90. The van der Waals surface area contributed by atoms with Crippen molar-refractivity contribution in [3.8, 4) is 0 Å². The molecule has 3 rings (SSSR count). The molecule has 2 aliphatic carbocycles. The van der Waals surface area contributed by atoms with Gasteiger partial charge in [0.2, 0.25) is 0 Å². The van der Waals surface area contributed by atoms with Crippen LogP contribution in [0.4, 0.5) is 0 Å². The van der Waals surface area contributed by atoms with E-state index in [2.05, 4.69) is 64.4 Å². The number of hydrogen-bond acceptors (Lipinski definition) is 2. The lowest BCUT2D eigenvalue weighted by Gasteiger charge is -2.32. The van der Waals surface area contributed by atoms with E-state index in [1.54, 1.807) is 0 Å². The minimum Gasteiger partial charge on any atom is -0.417 e. The minimum absolute atomic E-state index is 0.101. The van der Waals surface area contributed by atoms with Gasteiger partial charge in [0.25, 0.3) is 0 Å². The molecule has 0 spiro atoms. The lowest BCUT2D eigenvalue weighted by molar-refractivity contribution is 0.235. The molecule has 0 unspecified atom stereocenters. The van der Waals surface area contributed by atoms with Crippen LogP contribution in [0.25, 0.3) is 0 Å². The van der Waals surface area contributed by atoms with Crippen LogP contribution in [0.3, 0.4) is 0 Å². The first kappa shape index (κ1) is 13.0. The zero-order valence-electron chi connectivity index (χ0n) is 11.1. The van der Waals surface area contributed by atoms with Gasteiger partial charge in [0.15, 0.2) is 0 Å². The maximum absolute atomic E-state index is 6.07. The van der Waals surface area contributed by atoms with Gasteiger partial charge in [-0.05, 0) is 57.2 Å². The summed E-state index contributed by atoms with van der Waals surface area (Å²) in [5.74, 6) is 5.30. The smallest absolute Gasteiger partial charge is 0.376 e. The van der Waals surface area contributed by atoms with Gasteiger partial charge >= 0.3 is 7.05 Å². The molecule has 92 valence electrons. The molecule has 3 heteroatoms. The topological polar surface area (TPSA) is 21.3 Å². The van der Waals surface area contributed by atoms with Gasteiger partial charge in [-0.25, -0.2) is 0 Å². The van der Waals surface area contributed by atoms with Gasteiger partial charge in [0.1, 0.15) is 0 Å². The van der Waals surface area contributed by atoms with Gasteiger partial charge in [0.05, 0.1) is 6.10 Å². The Kier molecular flexibility index (Phi) is 3.73. The second kappa shape index (κ2) is 5.17. The van der Waals surface area contributed by atoms with Crippen molar-refractivity contribution in [3.63, 3.8) is 0 Å². The predicted molar refractivity (Wildman–Crippen MR) is 73.5 cm³/mol. The maximum atomic E-state index is 6.07. The van der Waals surface area contributed by atoms with E-state index < -0.39 is 0 Å². The summed E-state index contributed by atoms with van der Waals surface area (Å²) in [5, 5.41) is 3.54. The van der Waals surface area contributed by atoms with E-state index >= 15 is 0 Å². The van der Waals surface area contributed by atoms with Crippen molar-refractivity contribution in [2.75, 3.05) is 0 Å². The van der Waals surface area contributed by atoms with Crippen LogP contribution in [-0.2, 0) is 4.65 Å². The molecule has 18 heavy (non-hydrogen) atoms. The molecule has 0 amide bonds. The largest absolute Gasteiger partial charge is 0.417 e. The van der Waals surface area contributed by atoms with E-state index in [0.29, 0.717) is 0 Å². The minimum atomic E-state index is 0.101. The fourth-order valence-electron chi connectivity index (χ4n) is 2.90. The molecule has 0 aromatic heterocycles. The van der Waals surface area contributed by atoms with Gasteiger partial charge in [-0.3, -0.25) is 0 Å². The fraction of sp³-hybridized carbons (Fsp3) is 0.333. The van der Waals surface area contributed by atoms with E-state index in [1.807, 2.05) is 0 Å². The van der Waals surface area contributed by atoms with E-state index in [0.717, 1.165) is 0 Å². The van der Waals surface area contributed by atoms with Crippen LogP contribution in [0, 0.1) is 62.2 Å². The zero-order chi connectivity index (χ0) is 12.7. The number of hydrogen-bond donors (Lipinski definition) is 1. The molecule has 1 saturated heterocycles. The van der Waals surface area contributed by atoms with Crippen LogP contribution in [0.1, 0.15) is 13.8 Å². The Morgan fingerprint density at radius 1 is 1.00 bits per heavy atom. The summed E-state index contributed by atoms with van der Waals surface area (Å²) in [6, 6.07) is 0.260. The molecule has 2 nitrogen and oxygen atoms in total. The summed E-state index contributed by atoms with van der Waals surface area (Å²) in [7, 11) is 0.101. The highest BCUT2D eigenvalue weighted by molar-refractivity contribution is 6.48.